The molecule has 0 fully saturated rings. The molecule has 8 nitrogen and oxygen atoms in total. The Kier molecular flexibility index (Phi) is 8.01. The molecule has 1 aliphatic rings. The van der Waals surface area contributed by atoms with Crippen molar-refractivity contribution in [1.29, 1.82) is 0 Å². The third kappa shape index (κ3) is 5.43. The maximum absolute atomic E-state index is 13.6. The lowest BCUT2D eigenvalue weighted by Crippen LogP contribution is -2.46. The molecule has 2 aromatic rings. The molecule has 0 bridgehead atoms. The van der Waals surface area contributed by atoms with Gasteiger partial charge in [-0.25, -0.2) is 4.79 Å². The van der Waals surface area contributed by atoms with Crippen molar-refractivity contribution >= 4 is 46.5 Å². The highest BCUT2D eigenvalue weighted by molar-refractivity contribution is 7.80. The van der Waals surface area contributed by atoms with Crippen LogP contribution < -0.4 is 25.4 Å². The summed E-state index contributed by atoms with van der Waals surface area (Å²) in [7, 11) is 2.80. The van der Waals surface area contributed by atoms with Crippen molar-refractivity contribution in [1.82, 2.24) is 10.6 Å². The topological polar surface area (TPSA) is 97.9 Å². The van der Waals surface area contributed by atoms with Gasteiger partial charge in [-0.05, 0) is 51.2 Å². The molecule has 0 spiro atoms. The number of anilines is 1. The van der Waals surface area contributed by atoms with E-state index >= 15 is 0 Å². The molecule has 3 rings (SSSR count). The zero-order chi connectivity index (χ0) is 25.0. The van der Waals surface area contributed by atoms with Crippen molar-refractivity contribution < 1.29 is 23.8 Å². The molecule has 1 heterocycles. The van der Waals surface area contributed by atoms with Crippen LogP contribution in [-0.4, -0.2) is 37.3 Å². The van der Waals surface area contributed by atoms with E-state index in [1.54, 1.807) is 43.3 Å². The number of carbonyl (C=O) groups excluding carboxylic acids is 2. The lowest BCUT2D eigenvalue weighted by atomic mass is 9.93. The van der Waals surface area contributed by atoms with E-state index in [4.69, 9.17) is 38.0 Å². The van der Waals surface area contributed by atoms with Gasteiger partial charge in [0, 0.05) is 22.3 Å². The van der Waals surface area contributed by atoms with Gasteiger partial charge in [-0.15, -0.1) is 0 Å². The average Bonchev–Trinajstić information content (AvgIpc) is 2.78. The van der Waals surface area contributed by atoms with E-state index in [0.29, 0.717) is 44.2 Å². The van der Waals surface area contributed by atoms with Gasteiger partial charge >= 0.3 is 5.97 Å². The molecule has 3 N–H and O–H groups in total. The minimum absolute atomic E-state index is 0.170. The first-order valence-electron chi connectivity index (χ1n) is 10.5. The molecule has 0 aromatic heterocycles. The van der Waals surface area contributed by atoms with Gasteiger partial charge in [-0.3, -0.25) is 4.79 Å². The molecule has 180 valence electrons. The molecule has 0 saturated carbocycles. The van der Waals surface area contributed by atoms with Crippen molar-refractivity contribution in [3.63, 3.8) is 0 Å². The first kappa shape index (κ1) is 25.3. The predicted molar refractivity (Wildman–Crippen MR) is 134 cm³/mol. The quantitative estimate of drug-likeness (QED) is 0.379. The molecular formula is C24H26ClN3O5S. The van der Waals surface area contributed by atoms with Crippen molar-refractivity contribution in [3.8, 4) is 11.5 Å². The SMILES string of the molecule is COC(=O)c1ccccc1NC(=O)C1=C(C)NC(=S)N[C@H]1c1cc(Cl)cc(OC)c1OC(C)C. The molecule has 2 aromatic carbocycles. The number of ether oxygens (including phenoxy) is 3. The van der Waals surface area contributed by atoms with Crippen molar-refractivity contribution in [3.05, 3.63) is 63.8 Å². The van der Waals surface area contributed by atoms with Gasteiger partial charge in [0.2, 0.25) is 0 Å². The number of allylic oxidation sites excluding steroid dienone is 1. The van der Waals surface area contributed by atoms with Crippen LogP contribution in [0.1, 0.15) is 42.7 Å². The van der Waals surface area contributed by atoms with E-state index in [1.807, 2.05) is 13.8 Å². The summed E-state index contributed by atoms with van der Waals surface area (Å²) in [4.78, 5) is 25.7. The summed E-state index contributed by atoms with van der Waals surface area (Å²) in [5.41, 5.74) is 2.00. The van der Waals surface area contributed by atoms with Crippen LogP contribution in [0.3, 0.4) is 0 Å². The Hall–Kier alpha value is -3.30. The predicted octanol–water partition coefficient (Wildman–Crippen LogP) is 4.35. The number of halogens is 1. The molecule has 0 aliphatic carbocycles. The Morgan fingerprint density at radius 3 is 2.53 bits per heavy atom. The molecule has 10 heteroatoms. The Balaban J connectivity index is 2.10. The van der Waals surface area contributed by atoms with E-state index in [-0.39, 0.29) is 11.7 Å². The van der Waals surface area contributed by atoms with Gasteiger partial charge in [0.25, 0.3) is 5.91 Å². The minimum Gasteiger partial charge on any atom is -0.493 e. The second-order valence-electron chi connectivity index (χ2n) is 7.75. The fourth-order valence-corrected chi connectivity index (χ4v) is 4.10. The standard InChI is InChI=1S/C24H26ClN3O5S/c1-12(2)33-21-16(10-14(25)11-18(21)31-4)20-19(13(3)26-24(34)28-20)22(29)27-17-9-7-6-8-15(17)23(30)32-5/h6-12,20H,1-5H3,(H,27,29)(H2,26,28,34)/t20-/m0/s1. The third-order valence-corrected chi connectivity index (χ3v) is 5.47. The zero-order valence-electron chi connectivity index (χ0n) is 19.4. The largest absolute Gasteiger partial charge is 0.493 e. The van der Waals surface area contributed by atoms with Gasteiger partial charge in [-0.2, -0.15) is 0 Å². The number of para-hydroxylation sites is 1. The summed E-state index contributed by atoms with van der Waals surface area (Å²) in [6.45, 7) is 5.51. The van der Waals surface area contributed by atoms with Crippen molar-refractivity contribution in [2.45, 2.75) is 32.9 Å². The van der Waals surface area contributed by atoms with Gasteiger partial charge in [0.15, 0.2) is 16.6 Å². The second-order valence-corrected chi connectivity index (χ2v) is 8.60. The maximum Gasteiger partial charge on any atom is 0.339 e. The molecule has 34 heavy (non-hydrogen) atoms. The van der Waals surface area contributed by atoms with Crippen molar-refractivity contribution in [2.24, 2.45) is 0 Å². The number of esters is 1. The lowest BCUT2D eigenvalue weighted by molar-refractivity contribution is -0.113. The van der Waals surface area contributed by atoms with Crippen LogP contribution in [-0.2, 0) is 9.53 Å². The van der Waals surface area contributed by atoms with Crippen LogP contribution in [0.5, 0.6) is 11.5 Å². The number of benzene rings is 2. The van der Waals surface area contributed by atoms with Crippen LogP contribution in [0.2, 0.25) is 5.02 Å². The minimum atomic E-state index is -0.708. The molecule has 0 saturated heterocycles. The van der Waals surface area contributed by atoms with Gasteiger partial charge < -0.3 is 30.2 Å². The van der Waals surface area contributed by atoms with Crippen LogP contribution in [0.4, 0.5) is 5.69 Å². The highest BCUT2D eigenvalue weighted by Gasteiger charge is 2.34. The summed E-state index contributed by atoms with van der Waals surface area (Å²) in [6.07, 6.45) is -0.170. The number of thiocarbonyl (C=S) groups is 1. The van der Waals surface area contributed by atoms with E-state index < -0.39 is 17.9 Å². The number of rotatable bonds is 7. The first-order chi connectivity index (χ1) is 16.2. The van der Waals surface area contributed by atoms with Crippen LogP contribution >= 0.6 is 23.8 Å². The molecular weight excluding hydrogens is 478 g/mol. The monoisotopic (exact) mass is 503 g/mol. The average molecular weight is 504 g/mol. The Bertz CT molecular complexity index is 1170. The summed E-state index contributed by atoms with van der Waals surface area (Å²) in [5.74, 6) is -0.143. The fourth-order valence-electron chi connectivity index (χ4n) is 3.61. The van der Waals surface area contributed by atoms with Gasteiger partial charge in [0.1, 0.15) is 0 Å². The number of hydrogen-bond donors (Lipinski definition) is 3. The molecule has 1 atom stereocenters. The van der Waals surface area contributed by atoms with E-state index in [9.17, 15) is 9.59 Å². The number of hydrogen-bond acceptors (Lipinski definition) is 6. The fraction of sp³-hybridized carbons (Fsp3) is 0.292. The van der Waals surface area contributed by atoms with Crippen molar-refractivity contribution in [2.75, 3.05) is 19.5 Å². The Labute approximate surface area is 208 Å². The van der Waals surface area contributed by atoms with Crippen LogP contribution in [0, 0.1) is 0 Å². The molecule has 1 amide bonds. The molecule has 0 unspecified atom stereocenters. The van der Waals surface area contributed by atoms with Crippen LogP contribution in [0.25, 0.3) is 0 Å². The second kappa shape index (κ2) is 10.8. The Morgan fingerprint density at radius 1 is 1.18 bits per heavy atom. The summed E-state index contributed by atoms with van der Waals surface area (Å²) >= 11 is 11.7. The number of nitrogens with one attached hydrogen (secondary N) is 3. The first-order valence-corrected chi connectivity index (χ1v) is 11.3. The summed E-state index contributed by atoms with van der Waals surface area (Å²) < 4.78 is 16.4. The van der Waals surface area contributed by atoms with Gasteiger partial charge in [-0.1, -0.05) is 23.7 Å². The van der Waals surface area contributed by atoms with E-state index in [0.717, 1.165) is 0 Å². The summed E-state index contributed by atoms with van der Waals surface area (Å²) in [5, 5.41) is 9.69. The summed E-state index contributed by atoms with van der Waals surface area (Å²) in [6, 6.07) is 9.23. The van der Waals surface area contributed by atoms with E-state index in [2.05, 4.69) is 16.0 Å². The molecule has 1 aliphatic heterocycles. The normalized spacial score (nSPS) is 15.4. The number of methoxy groups -OCH3 is 2. The lowest BCUT2D eigenvalue weighted by Gasteiger charge is -2.32. The number of carbonyl (C=O) groups is 2. The Morgan fingerprint density at radius 2 is 1.88 bits per heavy atom. The molecule has 0 radical (unpaired) electrons. The highest BCUT2D eigenvalue weighted by Crippen LogP contribution is 2.42. The van der Waals surface area contributed by atoms with E-state index in [1.165, 1.54) is 14.2 Å². The maximum atomic E-state index is 13.6. The smallest absolute Gasteiger partial charge is 0.339 e. The highest BCUT2D eigenvalue weighted by atomic mass is 35.5. The van der Waals surface area contributed by atoms with Gasteiger partial charge in [0.05, 0.1) is 43.2 Å². The third-order valence-electron chi connectivity index (χ3n) is 5.03. The zero-order valence-corrected chi connectivity index (χ0v) is 21.0. The number of amides is 1. The van der Waals surface area contributed by atoms with Crippen LogP contribution in [0.15, 0.2) is 47.7 Å².